The first-order valence-electron chi connectivity index (χ1n) is 6.94. The van der Waals surface area contributed by atoms with Gasteiger partial charge in [0.15, 0.2) is 0 Å². The Morgan fingerprint density at radius 3 is 2.86 bits per heavy atom. The topological polar surface area (TPSA) is 58.4 Å². The van der Waals surface area contributed by atoms with E-state index in [-0.39, 0.29) is 29.8 Å². The fourth-order valence-electron chi connectivity index (χ4n) is 2.54. The summed E-state index contributed by atoms with van der Waals surface area (Å²) in [5, 5.41) is 2.96. The Morgan fingerprint density at radius 1 is 1.57 bits per heavy atom. The molecule has 1 saturated heterocycles. The van der Waals surface area contributed by atoms with E-state index in [1.165, 1.54) is 0 Å². The first kappa shape index (κ1) is 18.4. The van der Waals surface area contributed by atoms with Crippen LogP contribution in [-0.2, 0) is 4.79 Å². The molecular weight excluding hydrogens is 354 g/mol. The average Bonchev–Trinajstić information content (AvgIpc) is 2.81. The standard InChI is InChI=1S/C15H22BrN3O.ClH/c1-11(19-7-6-15(2,9-17)10-19)14(20)18-13-5-3-4-12(16)8-13;/h3-5,8,11H,6-7,9-10,17H2,1-2H3,(H,18,20);1H. The van der Waals surface area contributed by atoms with Gasteiger partial charge < -0.3 is 11.1 Å². The maximum atomic E-state index is 12.3. The number of nitrogens with two attached hydrogens (primary N) is 1. The second kappa shape index (κ2) is 7.58. The molecule has 1 amide bonds. The Kier molecular flexibility index (Phi) is 6.66. The van der Waals surface area contributed by atoms with Gasteiger partial charge in [0.05, 0.1) is 6.04 Å². The van der Waals surface area contributed by atoms with Crippen LogP contribution in [0.5, 0.6) is 0 Å². The number of rotatable bonds is 4. The van der Waals surface area contributed by atoms with Crippen LogP contribution in [0.4, 0.5) is 5.69 Å². The zero-order chi connectivity index (χ0) is 14.8. The number of halogens is 2. The van der Waals surface area contributed by atoms with E-state index in [1.807, 2.05) is 31.2 Å². The molecule has 0 spiro atoms. The van der Waals surface area contributed by atoms with Crippen molar-refractivity contribution in [2.75, 3.05) is 25.0 Å². The molecule has 1 heterocycles. The molecule has 1 fully saturated rings. The number of hydrogen-bond acceptors (Lipinski definition) is 3. The average molecular weight is 377 g/mol. The van der Waals surface area contributed by atoms with Crippen LogP contribution in [0.2, 0.25) is 0 Å². The lowest BCUT2D eigenvalue weighted by Gasteiger charge is -2.26. The number of nitrogens with zero attached hydrogens (tertiary/aromatic N) is 1. The van der Waals surface area contributed by atoms with Gasteiger partial charge in [-0.2, -0.15) is 0 Å². The van der Waals surface area contributed by atoms with E-state index in [0.29, 0.717) is 6.54 Å². The fourth-order valence-corrected chi connectivity index (χ4v) is 2.94. The molecule has 1 aromatic rings. The van der Waals surface area contributed by atoms with Gasteiger partial charge in [-0.25, -0.2) is 0 Å². The minimum atomic E-state index is -0.137. The lowest BCUT2D eigenvalue weighted by Crippen LogP contribution is -2.42. The molecule has 0 saturated carbocycles. The van der Waals surface area contributed by atoms with Crippen LogP contribution in [0, 0.1) is 5.41 Å². The Morgan fingerprint density at radius 2 is 2.29 bits per heavy atom. The summed E-state index contributed by atoms with van der Waals surface area (Å²) in [5.41, 5.74) is 6.77. The molecule has 0 aliphatic carbocycles. The van der Waals surface area contributed by atoms with Crippen LogP contribution in [0.3, 0.4) is 0 Å². The number of benzene rings is 1. The molecule has 0 radical (unpaired) electrons. The minimum absolute atomic E-state index is 0. The van der Waals surface area contributed by atoms with E-state index in [1.54, 1.807) is 0 Å². The lowest BCUT2D eigenvalue weighted by molar-refractivity contribution is -0.120. The van der Waals surface area contributed by atoms with Gasteiger partial charge in [-0.15, -0.1) is 12.4 Å². The van der Waals surface area contributed by atoms with E-state index in [0.717, 1.165) is 29.7 Å². The zero-order valence-electron chi connectivity index (χ0n) is 12.4. The summed E-state index contributed by atoms with van der Waals surface area (Å²) in [7, 11) is 0. The molecule has 1 aliphatic heterocycles. The van der Waals surface area contributed by atoms with Gasteiger partial charge in [0.1, 0.15) is 0 Å². The van der Waals surface area contributed by atoms with Gasteiger partial charge >= 0.3 is 0 Å². The molecular formula is C15H23BrClN3O. The zero-order valence-corrected chi connectivity index (χ0v) is 14.8. The summed E-state index contributed by atoms with van der Waals surface area (Å²) >= 11 is 3.40. The highest BCUT2D eigenvalue weighted by molar-refractivity contribution is 9.10. The summed E-state index contributed by atoms with van der Waals surface area (Å²) < 4.78 is 0.958. The molecule has 0 bridgehead atoms. The van der Waals surface area contributed by atoms with Crippen LogP contribution in [0.1, 0.15) is 20.3 Å². The highest BCUT2D eigenvalue weighted by atomic mass is 79.9. The third kappa shape index (κ3) is 4.68. The highest BCUT2D eigenvalue weighted by Crippen LogP contribution is 2.30. The van der Waals surface area contributed by atoms with Crippen molar-refractivity contribution < 1.29 is 4.79 Å². The SMILES string of the molecule is CC(C(=O)Nc1cccc(Br)c1)N1CCC(C)(CN)C1.Cl. The van der Waals surface area contributed by atoms with Crippen molar-refractivity contribution >= 4 is 39.9 Å². The van der Waals surface area contributed by atoms with Gasteiger partial charge in [0, 0.05) is 16.7 Å². The second-order valence-corrected chi connectivity index (χ2v) is 6.83. The Labute approximate surface area is 141 Å². The first-order valence-corrected chi connectivity index (χ1v) is 7.73. The second-order valence-electron chi connectivity index (χ2n) is 5.91. The van der Waals surface area contributed by atoms with Gasteiger partial charge in [-0.3, -0.25) is 9.69 Å². The van der Waals surface area contributed by atoms with Gasteiger partial charge in [-0.05, 0) is 50.0 Å². The van der Waals surface area contributed by atoms with E-state index < -0.39 is 0 Å². The van der Waals surface area contributed by atoms with Gasteiger partial charge in [0.25, 0.3) is 0 Å². The number of carbonyl (C=O) groups excluding carboxylic acids is 1. The largest absolute Gasteiger partial charge is 0.330 e. The van der Waals surface area contributed by atoms with E-state index in [2.05, 4.69) is 33.1 Å². The van der Waals surface area contributed by atoms with Crippen molar-refractivity contribution in [1.82, 2.24) is 4.90 Å². The lowest BCUT2D eigenvalue weighted by atomic mass is 9.90. The normalized spacial score (nSPS) is 23.4. The number of hydrogen-bond donors (Lipinski definition) is 2. The molecule has 21 heavy (non-hydrogen) atoms. The highest BCUT2D eigenvalue weighted by Gasteiger charge is 2.36. The number of likely N-dealkylation sites (tertiary alicyclic amines) is 1. The minimum Gasteiger partial charge on any atom is -0.330 e. The quantitative estimate of drug-likeness (QED) is 0.849. The smallest absolute Gasteiger partial charge is 0.241 e. The van der Waals surface area contributed by atoms with E-state index in [9.17, 15) is 4.79 Å². The molecule has 118 valence electrons. The molecule has 2 atom stereocenters. The Bertz CT molecular complexity index is 500. The summed E-state index contributed by atoms with van der Waals surface area (Å²) in [6, 6.07) is 7.50. The van der Waals surface area contributed by atoms with Crippen molar-refractivity contribution in [2.24, 2.45) is 11.1 Å². The maximum Gasteiger partial charge on any atom is 0.241 e. The fraction of sp³-hybridized carbons (Fsp3) is 0.533. The summed E-state index contributed by atoms with van der Waals surface area (Å²) in [6.45, 7) is 6.63. The van der Waals surface area contributed by atoms with Crippen LogP contribution in [0.25, 0.3) is 0 Å². The van der Waals surface area contributed by atoms with Crippen LogP contribution in [-0.4, -0.2) is 36.5 Å². The van der Waals surface area contributed by atoms with Gasteiger partial charge in [0.2, 0.25) is 5.91 Å². The van der Waals surface area contributed by atoms with Crippen LogP contribution < -0.4 is 11.1 Å². The summed E-state index contributed by atoms with van der Waals surface area (Å²) in [5.74, 6) is 0.0318. The Hall–Kier alpha value is -0.620. The molecule has 1 aliphatic rings. The maximum absolute atomic E-state index is 12.3. The monoisotopic (exact) mass is 375 g/mol. The summed E-state index contributed by atoms with van der Waals surface area (Å²) in [4.78, 5) is 14.5. The molecule has 2 unspecified atom stereocenters. The van der Waals surface area contributed by atoms with Crippen molar-refractivity contribution in [1.29, 1.82) is 0 Å². The molecule has 0 aromatic heterocycles. The number of anilines is 1. The number of amides is 1. The van der Waals surface area contributed by atoms with Crippen LogP contribution >= 0.6 is 28.3 Å². The van der Waals surface area contributed by atoms with Crippen molar-refractivity contribution in [3.8, 4) is 0 Å². The molecule has 1 aromatic carbocycles. The van der Waals surface area contributed by atoms with Crippen molar-refractivity contribution in [3.63, 3.8) is 0 Å². The third-order valence-electron chi connectivity index (χ3n) is 4.10. The van der Waals surface area contributed by atoms with Crippen LogP contribution in [0.15, 0.2) is 28.7 Å². The molecule has 3 N–H and O–H groups in total. The van der Waals surface area contributed by atoms with E-state index >= 15 is 0 Å². The molecule has 4 nitrogen and oxygen atoms in total. The van der Waals surface area contributed by atoms with Crippen molar-refractivity contribution in [3.05, 3.63) is 28.7 Å². The number of carbonyl (C=O) groups is 1. The molecule has 2 rings (SSSR count). The predicted molar refractivity (Wildman–Crippen MR) is 92.8 cm³/mol. The predicted octanol–water partition coefficient (Wildman–Crippen LogP) is 2.87. The Balaban J connectivity index is 0.00000220. The summed E-state index contributed by atoms with van der Waals surface area (Å²) in [6.07, 6.45) is 1.05. The van der Waals surface area contributed by atoms with Gasteiger partial charge in [-0.1, -0.05) is 28.9 Å². The third-order valence-corrected chi connectivity index (χ3v) is 4.59. The van der Waals surface area contributed by atoms with Crippen molar-refractivity contribution in [2.45, 2.75) is 26.3 Å². The molecule has 6 heteroatoms. The number of nitrogens with one attached hydrogen (secondary N) is 1. The van der Waals surface area contributed by atoms with E-state index in [4.69, 9.17) is 5.73 Å². The first-order chi connectivity index (χ1) is 9.43.